The Hall–Kier alpha value is -2.94. The van der Waals surface area contributed by atoms with Crippen molar-refractivity contribution in [2.45, 2.75) is 38.6 Å². The maximum absolute atomic E-state index is 14.6. The van der Waals surface area contributed by atoms with E-state index in [0.717, 1.165) is 27.5 Å². The summed E-state index contributed by atoms with van der Waals surface area (Å²) in [5.41, 5.74) is 0.986. The summed E-state index contributed by atoms with van der Waals surface area (Å²) < 4.78 is 22.9. The van der Waals surface area contributed by atoms with Gasteiger partial charge in [0, 0.05) is 29.9 Å². The number of alkyl halides is 1. The van der Waals surface area contributed by atoms with Crippen LogP contribution < -0.4 is 10.1 Å². The van der Waals surface area contributed by atoms with Crippen LogP contribution in [0.2, 0.25) is 0 Å². The van der Waals surface area contributed by atoms with Crippen molar-refractivity contribution in [3.63, 3.8) is 0 Å². The summed E-state index contributed by atoms with van der Waals surface area (Å²) in [5, 5.41) is 4.82. The predicted molar refractivity (Wildman–Crippen MR) is 119 cm³/mol. The molecule has 3 aromatic rings. The molecule has 1 amide bonds. The SMILES string of the molecule is C=CC(=O)N1C[C@H](F)[C@H](Oc2nc(Nc3ncc(C)s3)cc3c2ccn3CC2CC2)C1. The number of nitrogens with zero attached hydrogens (tertiary/aromatic N) is 4. The van der Waals surface area contributed by atoms with Crippen molar-refractivity contribution in [1.82, 2.24) is 19.4 Å². The normalized spacial score (nSPS) is 20.9. The molecule has 2 aliphatic rings. The van der Waals surface area contributed by atoms with Gasteiger partial charge in [0.1, 0.15) is 5.82 Å². The van der Waals surface area contributed by atoms with Crippen molar-refractivity contribution in [2.24, 2.45) is 5.92 Å². The van der Waals surface area contributed by atoms with E-state index in [2.05, 4.69) is 26.4 Å². The predicted octanol–water partition coefficient (Wildman–Crippen LogP) is 4.07. The fraction of sp³-hybridized carbons (Fsp3) is 0.409. The lowest BCUT2D eigenvalue weighted by atomic mass is 10.2. The lowest BCUT2D eigenvalue weighted by Gasteiger charge is -2.17. The second kappa shape index (κ2) is 7.96. The van der Waals surface area contributed by atoms with E-state index in [1.165, 1.54) is 35.2 Å². The number of fused-ring (bicyclic) bond motifs is 1. The number of pyridine rings is 1. The van der Waals surface area contributed by atoms with E-state index in [4.69, 9.17) is 4.74 Å². The fourth-order valence-electron chi connectivity index (χ4n) is 3.87. The molecular weight excluding hydrogens is 417 g/mol. The first-order valence-corrected chi connectivity index (χ1v) is 11.2. The fourth-order valence-corrected chi connectivity index (χ4v) is 4.54. The molecule has 7 nitrogen and oxygen atoms in total. The number of anilines is 2. The zero-order valence-electron chi connectivity index (χ0n) is 17.3. The Balaban J connectivity index is 1.47. The van der Waals surface area contributed by atoms with Crippen molar-refractivity contribution in [2.75, 3.05) is 18.4 Å². The number of thiazole rings is 1. The molecule has 0 radical (unpaired) electrons. The van der Waals surface area contributed by atoms with Crippen molar-refractivity contribution in [3.05, 3.63) is 42.1 Å². The molecule has 5 rings (SSSR count). The number of hydrogen-bond acceptors (Lipinski definition) is 6. The highest BCUT2D eigenvalue weighted by molar-refractivity contribution is 7.15. The number of halogens is 1. The first kappa shape index (κ1) is 20.0. The summed E-state index contributed by atoms with van der Waals surface area (Å²) in [7, 11) is 0. The van der Waals surface area contributed by atoms with Gasteiger partial charge in [-0.3, -0.25) is 4.79 Å². The van der Waals surface area contributed by atoms with Crippen molar-refractivity contribution < 1.29 is 13.9 Å². The smallest absolute Gasteiger partial charge is 0.246 e. The third-order valence-corrected chi connectivity index (χ3v) is 6.52. The highest BCUT2D eigenvalue weighted by Crippen LogP contribution is 2.35. The minimum atomic E-state index is -1.28. The molecule has 1 saturated carbocycles. The molecule has 1 N–H and O–H groups in total. The van der Waals surface area contributed by atoms with Crippen LogP contribution in [0.3, 0.4) is 0 Å². The van der Waals surface area contributed by atoms with Gasteiger partial charge in [0.2, 0.25) is 11.8 Å². The third-order valence-electron chi connectivity index (χ3n) is 5.69. The van der Waals surface area contributed by atoms with Gasteiger partial charge in [-0.2, -0.15) is 4.98 Å². The summed E-state index contributed by atoms with van der Waals surface area (Å²) >= 11 is 1.54. The molecule has 1 saturated heterocycles. The van der Waals surface area contributed by atoms with E-state index in [9.17, 15) is 9.18 Å². The quantitative estimate of drug-likeness (QED) is 0.560. The van der Waals surface area contributed by atoms with Crippen LogP contribution in [-0.2, 0) is 11.3 Å². The first-order chi connectivity index (χ1) is 15.0. The summed E-state index contributed by atoms with van der Waals surface area (Å²) in [5.74, 6) is 1.37. The number of amides is 1. The largest absolute Gasteiger partial charge is 0.469 e. The number of carbonyl (C=O) groups is 1. The number of aryl methyl sites for hydroxylation is 1. The Bertz CT molecular complexity index is 1140. The molecule has 2 atom stereocenters. The van der Waals surface area contributed by atoms with Gasteiger partial charge in [0.25, 0.3) is 0 Å². The van der Waals surface area contributed by atoms with Crippen LogP contribution in [-0.4, -0.2) is 50.7 Å². The van der Waals surface area contributed by atoms with E-state index in [1.54, 1.807) is 6.20 Å². The monoisotopic (exact) mass is 441 g/mol. The maximum Gasteiger partial charge on any atom is 0.246 e. The van der Waals surface area contributed by atoms with E-state index in [-0.39, 0.29) is 19.0 Å². The Morgan fingerprint density at radius 2 is 2.29 bits per heavy atom. The number of rotatable bonds is 7. The van der Waals surface area contributed by atoms with Gasteiger partial charge in [-0.1, -0.05) is 6.58 Å². The molecule has 0 unspecified atom stereocenters. The van der Waals surface area contributed by atoms with Crippen LogP contribution in [0.25, 0.3) is 10.9 Å². The van der Waals surface area contributed by atoms with Gasteiger partial charge in [-0.15, -0.1) is 11.3 Å². The zero-order valence-corrected chi connectivity index (χ0v) is 18.1. The van der Waals surface area contributed by atoms with Crippen LogP contribution in [0.1, 0.15) is 17.7 Å². The van der Waals surface area contributed by atoms with Crippen molar-refractivity contribution in [3.8, 4) is 5.88 Å². The van der Waals surface area contributed by atoms with Crippen LogP contribution >= 0.6 is 11.3 Å². The molecule has 2 fully saturated rings. The summed E-state index contributed by atoms with van der Waals surface area (Å²) in [6.45, 7) is 6.58. The maximum atomic E-state index is 14.6. The first-order valence-electron chi connectivity index (χ1n) is 10.4. The second-order valence-electron chi connectivity index (χ2n) is 8.18. The average Bonchev–Trinajstić information content (AvgIpc) is 3.15. The van der Waals surface area contributed by atoms with E-state index >= 15 is 0 Å². The number of hydrogen-bond donors (Lipinski definition) is 1. The van der Waals surface area contributed by atoms with Gasteiger partial charge in [0.15, 0.2) is 17.4 Å². The molecule has 0 aromatic carbocycles. The molecule has 162 valence electrons. The molecule has 1 aliphatic carbocycles. The van der Waals surface area contributed by atoms with Gasteiger partial charge in [-0.25, -0.2) is 9.37 Å². The molecular formula is C22H24FN5O2S. The van der Waals surface area contributed by atoms with Crippen LogP contribution in [0.5, 0.6) is 5.88 Å². The summed E-state index contributed by atoms with van der Waals surface area (Å²) in [6, 6.07) is 3.95. The standard InChI is InChI=1S/C22H24FN5O2S/c1-3-20(29)28-11-16(23)18(12-28)30-21-15-6-7-27(10-14-4-5-14)17(15)8-19(25-21)26-22-24-9-13(2)31-22/h3,6-9,14,16,18H,1,4-5,10-12H2,2H3,(H,24,25,26)/t16-,18+/m0/s1. The Labute approximate surface area is 183 Å². The van der Waals surface area contributed by atoms with Gasteiger partial charge < -0.3 is 19.5 Å². The van der Waals surface area contributed by atoms with E-state index < -0.39 is 12.3 Å². The molecule has 0 spiro atoms. The van der Waals surface area contributed by atoms with E-state index in [1.807, 2.05) is 25.3 Å². The summed E-state index contributed by atoms with van der Waals surface area (Å²) in [6.07, 6.45) is 5.47. The molecule has 31 heavy (non-hydrogen) atoms. The average molecular weight is 442 g/mol. The van der Waals surface area contributed by atoms with Crippen LogP contribution in [0, 0.1) is 12.8 Å². The lowest BCUT2D eigenvalue weighted by Crippen LogP contribution is -2.30. The molecule has 1 aliphatic heterocycles. The molecule has 0 bridgehead atoms. The zero-order chi connectivity index (χ0) is 21.5. The number of carbonyl (C=O) groups excluding carboxylic acids is 1. The Kier molecular flexibility index (Phi) is 5.13. The minimum Gasteiger partial charge on any atom is -0.469 e. The topological polar surface area (TPSA) is 72.3 Å². The highest BCUT2D eigenvalue weighted by atomic mass is 32.1. The second-order valence-corrected chi connectivity index (χ2v) is 9.41. The molecule has 4 heterocycles. The van der Waals surface area contributed by atoms with Gasteiger partial charge in [-0.05, 0) is 37.8 Å². The molecule has 9 heteroatoms. The number of ether oxygens (including phenoxy) is 1. The summed E-state index contributed by atoms with van der Waals surface area (Å²) in [4.78, 5) is 23.4. The minimum absolute atomic E-state index is 0.00229. The van der Waals surface area contributed by atoms with Crippen molar-refractivity contribution >= 4 is 39.1 Å². The Morgan fingerprint density at radius 3 is 3.00 bits per heavy atom. The number of nitrogens with one attached hydrogen (secondary N) is 1. The third kappa shape index (κ3) is 4.14. The lowest BCUT2D eigenvalue weighted by molar-refractivity contribution is -0.125. The van der Waals surface area contributed by atoms with Crippen molar-refractivity contribution in [1.29, 1.82) is 0 Å². The molecule has 3 aromatic heterocycles. The Morgan fingerprint density at radius 1 is 1.45 bits per heavy atom. The van der Waals surface area contributed by atoms with Crippen LogP contribution in [0.15, 0.2) is 37.2 Å². The van der Waals surface area contributed by atoms with Crippen LogP contribution in [0.4, 0.5) is 15.3 Å². The highest BCUT2D eigenvalue weighted by Gasteiger charge is 2.37. The number of likely N-dealkylation sites (tertiary alicyclic amines) is 1. The van der Waals surface area contributed by atoms with Gasteiger partial charge in [0.05, 0.1) is 24.0 Å². The van der Waals surface area contributed by atoms with E-state index in [0.29, 0.717) is 17.6 Å². The van der Waals surface area contributed by atoms with Gasteiger partial charge >= 0.3 is 0 Å². The number of aromatic nitrogens is 3.